The van der Waals surface area contributed by atoms with Crippen LogP contribution in [-0.2, 0) is 6.54 Å². The van der Waals surface area contributed by atoms with Crippen molar-refractivity contribution in [3.05, 3.63) is 105 Å². The zero-order valence-electron chi connectivity index (χ0n) is 12.3. The van der Waals surface area contributed by atoms with Gasteiger partial charge in [-0.1, -0.05) is 48.5 Å². The van der Waals surface area contributed by atoms with E-state index < -0.39 is 17.2 Å². The zero-order valence-corrected chi connectivity index (χ0v) is 12.3. The highest BCUT2D eigenvalue weighted by atomic mass is 16.2. The first-order valence-electron chi connectivity index (χ1n) is 7.13. The molecule has 0 unspecified atom stereocenters. The van der Waals surface area contributed by atoms with E-state index in [4.69, 9.17) is 0 Å². The van der Waals surface area contributed by atoms with Crippen molar-refractivity contribution < 1.29 is 4.79 Å². The molecule has 0 aliphatic carbocycles. The predicted octanol–water partition coefficient (Wildman–Crippen LogP) is 1.75. The number of carbonyl (C=O) groups excluding carboxylic acids is 1. The van der Waals surface area contributed by atoms with Crippen molar-refractivity contribution in [2.75, 3.05) is 0 Å². The molecule has 0 amide bonds. The van der Waals surface area contributed by atoms with E-state index in [0.717, 1.165) is 5.56 Å². The molecule has 1 aromatic heterocycles. The second-order valence-electron chi connectivity index (χ2n) is 5.06. The van der Waals surface area contributed by atoms with Crippen molar-refractivity contribution in [1.82, 2.24) is 9.13 Å². The number of benzene rings is 2. The van der Waals surface area contributed by atoms with E-state index in [0.29, 0.717) is 16.7 Å². The summed E-state index contributed by atoms with van der Waals surface area (Å²) in [5.41, 5.74) is -0.0699. The summed E-state index contributed by atoms with van der Waals surface area (Å²) >= 11 is 0. The predicted molar refractivity (Wildman–Crippen MR) is 86.7 cm³/mol. The van der Waals surface area contributed by atoms with Crippen LogP contribution >= 0.6 is 0 Å². The van der Waals surface area contributed by atoms with Gasteiger partial charge in [-0.2, -0.15) is 4.57 Å². The van der Waals surface area contributed by atoms with Crippen LogP contribution in [0.15, 0.2) is 82.5 Å². The van der Waals surface area contributed by atoms with Gasteiger partial charge in [-0.25, -0.2) is 4.79 Å². The minimum absolute atomic E-state index is 0.294. The van der Waals surface area contributed by atoms with E-state index in [-0.39, 0.29) is 0 Å². The summed E-state index contributed by atoms with van der Waals surface area (Å²) in [7, 11) is 0. The van der Waals surface area contributed by atoms with E-state index >= 15 is 0 Å². The van der Waals surface area contributed by atoms with Crippen LogP contribution in [0.5, 0.6) is 0 Å². The average molecular weight is 306 g/mol. The zero-order chi connectivity index (χ0) is 16.2. The fourth-order valence-electron chi connectivity index (χ4n) is 2.31. The topological polar surface area (TPSA) is 61.1 Å². The summed E-state index contributed by atoms with van der Waals surface area (Å²) in [6.07, 6.45) is 1.41. The summed E-state index contributed by atoms with van der Waals surface area (Å²) in [5, 5.41) is 0. The van der Waals surface area contributed by atoms with Crippen molar-refractivity contribution in [3.8, 4) is 0 Å². The quantitative estimate of drug-likeness (QED) is 0.740. The van der Waals surface area contributed by atoms with Gasteiger partial charge in [0.25, 0.3) is 11.5 Å². The van der Waals surface area contributed by atoms with Gasteiger partial charge >= 0.3 is 5.69 Å². The van der Waals surface area contributed by atoms with Gasteiger partial charge in [-0.05, 0) is 17.7 Å². The molecule has 5 heteroatoms. The number of nitrogens with zero attached hydrogens (tertiary/aromatic N) is 2. The number of rotatable bonds is 3. The Balaban J connectivity index is 2.05. The Kier molecular flexibility index (Phi) is 4.01. The van der Waals surface area contributed by atoms with E-state index in [1.807, 2.05) is 30.3 Å². The first-order chi connectivity index (χ1) is 11.2. The van der Waals surface area contributed by atoms with Crippen LogP contribution in [0.25, 0.3) is 0 Å². The van der Waals surface area contributed by atoms with Crippen molar-refractivity contribution in [1.29, 1.82) is 0 Å². The SMILES string of the molecule is O=C(c1ccccc1)n1c(=O)ccn(Cc2ccccc2)c1=O. The Morgan fingerprint density at radius 1 is 0.826 bits per heavy atom. The molecule has 2 aromatic carbocycles. The summed E-state index contributed by atoms with van der Waals surface area (Å²) in [6.45, 7) is 0.294. The monoisotopic (exact) mass is 306 g/mol. The lowest BCUT2D eigenvalue weighted by atomic mass is 10.2. The van der Waals surface area contributed by atoms with Crippen LogP contribution in [0.2, 0.25) is 0 Å². The Labute approximate surface area is 132 Å². The van der Waals surface area contributed by atoms with E-state index in [9.17, 15) is 14.4 Å². The fourth-order valence-corrected chi connectivity index (χ4v) is 2.31. The maximum absolute atomic E-state index is 12.5. The first-order valence-corrected chi connectivity index (χ1v) is 7.13. The molecule has 0 N–H and O–H groups in total. The van der Waals surface area contributed by atoms with E-state index in [1.165, 1.54) is 16.8 Å². The van der Waals surface area contributed by atoms with Crippen LogP contribution in [0.1, 0.15) is 15.9 Å². The number of hydrogen-bond donors (Lipinski definition) is 0. The van der Waals surface area contributed by atoms with Gasteiger partial charge < -0.3 is 0 Å². The third-order valence-electron chi connectivity index (χ3n) is 3.47. The van der Waals surface area contributed by atoms with Gasteiger partial charge in [0.05, 0.1) is 6.54 Å². The third-order valence-corrected chi connectivity index (χ3v) is 3.47. The number of carbonyl (C=O) groups is 1. The third kappa shape index (κ3) is 3.03. The summed E-state index contributed by atoms with van der Waals surface area (Å²) < 4.78 is 2.01. The molecule has 0 aliphatic rings. The molecule has 0 aliphatic heterocycles. The van der Waals surface area contributed by atoms with E-state index in [2.05, 4.69) is 0 Å². The maximum Gasteiger partial charge on any atom is 0.338 e. The molecule has 0 bridgehead atoms. The molecule has 0 spiro atoms. The Hall–Kier alpha value is -3.21. The van der Waals surface area contributed by atoms with Gasteiger partial charge in [0.15, 0.2) is 0 Å². The Morgan fingerprint density at radius 3 is 2.09 bits per heavy atom. The van der Waals surface area contributed by atoms with Crippen molar-refractivity contribution in [2.45, 2.75) is 6.54 Å². The summed E-state index contributed by atoms with van der Waals surface area (Å²) in [5.74, 6) is -0.622. The summed E-state index contributed by atoms with van der Waals surface area (Å²) in [4.78, 5) is 36.9. The van der Waals surface area contributed by atoms with E-state index in [1.54, 1.807) is 30.3 Å². The molecule has 5 nitrogen and oxygen atoms in total. The maximum atomic E-state index is 12.5. The van der Waals surface area contributed by atoms with Crippen molar-refractivity contribution >= 4 is 5.91 Å². The molecule has 3 rings (SSSR count). The smallest absolute Gasteiger partial charge is 0.296 e. The standard InChI is InChI=1S/C18H14N2O3/c21-16-11-12-19(13-14-7-3-1-4-8-14)18(23)20(16)17(22)15-9-5-2-6-10-15/h1-12H,13H2. The molecule has 114 valence electrons. The second kappa shape index (κ2) is 6.27. The van der Waals surface area contributed by atoms with Crippen LogP contribution < -0.4 is 11.2 Å². The normalized spacial score (nSPS) is 10.4. The Bertz CT molecular complexity index is 941. The van der Waals surface area contributed by atoms with Gasteiger partial charge in [-0.15, -0.1) is 0 Å². The molecule has 0 fully saturated rings. The highest BCUT2D eigenvalue weighted by Crippen LogP contribution is 2.01. The number of hydrogen-bond acceptors (Lipinski definition) is 3. The minimum Gasteiger partial charge on any atom is -0.296 e. The summed E-state index contributed by atoms with van der Waals surface area (Å²) in [6, 6.07) is 18.9. The average Bonchev–Trinajstić information content (AvgIpc) is 2.59. The van der Waals surface area contributed by atoms with Gasteiger partial charge in [-0.3, -0.25) is 14.2 Å². The lowest BCUT2D eigenvalue weighted by Crippen LogP contribution is -2.43. The Morgan fingerprint density at radius 2 is 1.43 bits per heavy atom. The second-order valence-corrected chi connectivity index (χ2v) is 5.06. The van der Waals surface area contributed by atoms with Crippen LogP contribution in [0.3, 0.4) is 0 Å². The van der Waals surface area contributed by atoms with Crippen LogP contribution in [0.4, 0.5) is 0 Å². The molecule has 23 heavy (non-hydrogen) atoms. The molecule has 0 saturated heterocycles. The van der Waals surface area contributed by atoms with Gasteiger partial charge in [0, 0.05) is 17.8 Å². The molecule has 0 atom stereocenters. The number of aromatic nitrogens is 2. The largest absolute Gasteiger partial charge is 0.338 e. The first kappa shape index (κ1) is 14.7. The minimum atomic E-state index is -0.643. The molecular formula is C18H14N2O3. The molecule has 0 radical (unpaired) electrons. The van der Waals surface area contributed by atoms with Gasteiger partial charge in [0.1, 0.15) is 0 Å². The van der Waals surface area contributed by atoms with Crippen molar-refractivity contribution in [2.24, 2.45) is 0 Å². The van der Waals surface area contributed by atoms with Gasteiger partial charge in [0.2, 0.25) is 0 Å². The van der Waals surface area contributed by atoms with Crippen molar-refractivity contribution in [3.63, 3.8) is 0 Å². The molecular weight excluding hydrogens is 292 g/mol. The lowest BCUT2D eigenvalue weighted by molar-refractivity contribution is 0.0948. The van der Waals surface area contributed by atoms with Crippen LogP contribution in [0, 0.1) is 0 Å². The lowest BCUT2D eigenvalue weighted by Gasteiger charge is -2.09. The highest BCUT2D eigenvalue weighted by Gasteiger charge is 2.15. The molecule has 0 saturated carbocycles. The molecule has 1 heterocycles. The van der Waals surface area contributed by atoms with Crippen LogP contribution in [-0.4, -0.2) is 15.0 Å². The molecule has 3 aromatic rings. The highest BCUT2D eigenvalue weighted by molar-refractivity contribution is 5.95. The fraction of sp³-hybridized carbons (Fsp3) is 0.0556.